The van der Waals surface area contributed by atoms with E-state index in [0.29, 0.717) is 0 Å². The highest BCUT2D eigenvalue weighted by Gasteiger charge is 2.39. The number of carbonyl (C=O) groups is 3. The van der Waals surface area contributed by atoms with E-state index in [0.717, 1.165) is 30.4 Å². The number of benzene rings is 1. The van der Waals surface area contributed by atoms with Crippen molar-refractivity contribution in [2.75, 3.05) is 6.54 Å². The highest BCUT2D eigenvalue weighted by Crippen LogP contribution is 2.33. The number of hydrogen-bond acceptors (Lipinski definition) is 4. The van der Waals surface area contributed by atoms with Crippen molar-refractivity contribution in [3.8, 4) is 0 Å². The molecule has 0 saturated heterocycles. The summed E-state index contributed by atoms with van der Waals surface area (Å²) in [6.45, 7) is 10.8. The molecule has 7 heteroatoms. The van der Waals surface area contributed by atoms with Gasteiger partial charge in [-0.05, 0) is 66.4 Å². The maximum Gasteiger partial charge on any atom is 0.408 e. The van der Waals surface area contributed by atoms with Crippen LogP contribution in [0.5, 0.6) is 0 Å². The smallest absolute Gasteiger partial charge is 0.408 e. The van der Waals surface area contributed by atoms with Gasteiger partial charge in [-0.25, -0.2) is 4.79 Å². The second-order valence-corrected chi connectivity index (χ2v) is 9.22. The molecule has 1 aliphatic carbocycles. The lowest BCUT2D eigenvalue weighted by Crippen LogP contribution is -2.54. The lowest BCUT2D eigenvalue weighted by atomic mass is 9.88. The van der Waals surface area contributed by atoms with E-state index >= 15 is 0 Å². The normalized spacial score (nSPS) is 15.2. The van der Waals surface area contributed by atoms with Gasteiger partial charge in [0.15, 0.2) is 0 Å². The highest BCUT2D eigenvalue weighted by atomic mass is 16.6. The molecule has 1 saturated carbocycles. The van der Waals surface area contributed by atoms with Crippen molar-refractivity contribution in [3.63, 3.8) is 0 Å². The Kier molecular flexibility index (Phi) is 7.87. The average molecular weight is 418 g/mol. The van der Waals surface area contributed by atoms with Crippen LogP contribution >= 0.6 is 0 Å². The molecule has 2 rings (SSSR count). The fourth-order valence-electron chi connectivity index (χ4n) is 3.42. The second kappa shape index (κ2) is 9.96. The van der Waals surface area contributed by atoms with E-state index in [1.807, 2.05) is 45.0 Å². The fraction of sp³-hybridized carbons (Fsp3) is 0.609. The number of rotatable bonds is 7. The van der Waals surface area contributed by atoms with Gasteiger partial charge in [0.05, 0.1) is 0 Å². The van der Waals surface area contributed by atoms with Gasteiger partial charge >= 0.3 is 6.09 Å². The first-order valence-electron chi connectivity index (χ1n) is 10.6. The molecular formula is C23H35N3O4. The van der Waals surface area contributed by atoms with Gasteiger partial charge in [-0.3, -0.25) is 9.59 Å². The van der Waals surface area contributed by atoms with Gasteiger partial charge in [0, 0.05) is 12.1 Å². The molecule has 0 bridgehead atoms. The fourth-order valence-corrected chi connectivity index (χ4v) is 3.42. The van der Waals surface area contributed by atoms with Crippen LogP contribution in [0.3, 0.4) is 0 Å². The minimum absolute atomic E-state index is 0.0265. The first-order chi connectivity index (χ1) is 14.0. The maximum atomic E-state index is 13.2. The molecule has 0 spiro atoms. The molecular weight excluding hydrogens is 382 g/mol. The number of nitrogens with one attached hydrogen (secondary N) is 2. The summed E-state index contributed by atoms with van der Waals surface area (Å²) in [4.78, 5) is 40.0. The molecule has 30 heavy (non-hydrogen) atoms. The third-order valence-electron chi connectivity index (χ3n) is 4.85. The van der Waals surface area contributed by atoms with E-state index < -0.39 is 17.7 Å². The van der Waals surface area contributed by atoms with Gasteiger partial charge in [-0.2, -0.15) is 0 Å². The van der Waals surface area contributed by atoms with Gasteiger partial charge in [0.2, 0.25) is 11.8 Å². The van der Waals surface area contributed by atoms with Crippen molar-refractivity contribution in [2.45, 2.75) is 84.5 Å². The van der Waals surface area contributed by atoms with Crippen LogP contribution in [0.1, 0.15) is 71.0 Å². The molecule has 0 aromatic heterocycles. The Morgan fingerprint density at radius 1 is 1.20 bits per heavy atom. The quantitative estimate of drug-likeness (QED) is 0.711. The molecule has 1 aromatic carbocycles. The molecule has 1 unspecified atom stereocenters. The Hall–Kier alpha value is -2.57. The van der Waals surface area contributed by atoms with Crippen LogP contribution in [0, 0.1) is 6.92 Å². The molecule has 166 valence electrons. The van der Waals surface area contributed by atoms with Gasteiger partial charge < -0.3 is 20.3 Å². The van der Waals surface area contributed by atoms with Crippen molar-refractivity contribution in [2.24, 2.45) is 0 Å². The third kappa shape index (κ3) is 6.75. The summed E-state index contributed by atoms with van der Waals surface area (Å²) in [6.07, 6.45) is 2.05. The standard InChI is InChI=1S/C23H35N3O4/c1-15(2)25-21(28)20(17-10-7-9-16(3)13-17)26(18-11-8-12-18)19(27)14-24-22(29)30-23(4,5)6/h7,9-10,13,15,18,20H,8,11-12,14H2,1-6H3,(H,24,29)(H,25,28). The minimum Gasteiger partial charge on any atom is -0.444 e. The van der Waals surface area contributed by atoms with Crippen molar-refractivity contribution in [3.05, 3.63) is 35.4 Å². The zero-order chi connectivity index (χ0) is 22.5. The summed E-state index contributed by atoms with van der Waals surface area (Å²) in [5.41, 5.74) is 1.13. The highest BCUT2D eigenvalue weighted by molar-refractivity contribution is 5.90. The van der Waals surface area contributed by atoms with Gasteiger partial charge in [-0.15, -0.1) is 0 Å². The van der Waals surface area contributed by atoms with E-state index in [2.05, 4.69) is 10.6 Å². The Bertz CT molecular complexity index is 766. The second-order valence-electron chi connectivity index (χ2n) is 9.22. The van der Waals surface area contributed by atoms with Crippen LogP contribution in [0.4, 0.5) is 4.79 Å². The summed E-state index contributed by atoms with van der Waals surface area (Å²) in [7, 11) is 0. The SMILES string of the molecule is Cc1cccc(C(C(=O)NC(C)C)N(C(=O)CNC(=O)OC(C)(C)C)C2CCC2)c1. The van der Waals surface area contributed by atoms with Gasteiger partial charge in [0.1, 0.15) is 18.2 Å². The molecule has 1 aromatic rings. The lowest BCUT2D eigenvalue weighted by molar-refractivity contribution is -0.145. The maximum absolute atomic E-state index is 13.2. The zero-order valence-electron chi connectivity index (χ0n) is 19.0. The number of nitrogens with zero attached hydrogens (tertiary/aromatic N) is 1. The van der Waals surface area contributed by atoms with E-state index in [1.54, 1.807) is 25.7 Å². The van der Waals surface area contributed by atoms with E-state index in [4.69, 9.17) is 4.74 Å². The summed E-state index contributed by atoms with van der Waals surface area (Å²) >= 11 is 0. The van der Waals surface area contributed by atoms with Crippen LogP contribution in [0.2, 0.25) is 0 Å². The summed E-state index contributed by atoms with van der Waals surface area (Å²) < 4.78 is 5.23. The van der Waals surface area contributed by atoms with Crippen molar-refractivity contribution in [1.29, 1.82) is 0 Å². The molecule has 1 aliphatic rings. The first-order valence-corrected chi connectivity index (χ1v) is 10.6. The van der Waals surface area contributed by atoms with Crippen LogP contribution in [-0.2, 0) is 14.3 Å². The van der Waals surface area contributed by atoms with Crippen molar-refractivity contribution >= 4 is 17.9 Å². The molecule has 1 fully saturated rings. The topological polar surface area (TPSA) is 87.7 Å². The average Bonchev–Trinajstić information content (AvgIpc) is 2.55. The van der Waals surface area contributed by atoms with Gasteiger partial charge in [0.25, 0.3) is 0 Å². The summed E-state index contributed by atoms with van der Waals surface area (Å²) in [5.74, 6) is -0.510. The van der Waals surface area contributed by atoms with Crippen LogP contribution < -0.4 is 10.6 Å². The Morgan fingerprint density at radius 3 is 2.37 bits per heavy atom. The van der Waals surface area contributed by atoms with Crippen LogP contribution in [-0.4, -0.2) is 47.0 Å². The molecule has 3 amide bonds. The van der Waals surface area contributed by atoms with Crippen LogP contribution in [0.15, 0.2) is 24.3 Å². The predicted molar refractivity (Wildman–Crippen MR) is 116 cm³/mol. The monoisotopic (exact) mass is 417 g/mol. The van der Waals surface area contributed by atoms with E-state index in [-0.39, 0.29) is 30.4 Å². The number of aryl methyl sites for hydroxylation is 1. The number of hydrogen-bond donors (Lipinski definition) is 2. The summed E-state index contributed by atoms with van der Waals surface area (Å²) in [5, 5.41) is 5.49. The predicted octanol–water partition coefficient (Wildman–Crippen LogP) is 3.47. The number of alkyl carbamates (subject to hydrolysis) is 1. The number of ether oxygens (including phenoxy) is 1. The largest absolute Gasteiger partial charge is 0.444 e. The van der Waals surface area contributed by atoms with E-state index in [9.17, 15) is 14.4 Å². The number of carbonyl (C=O) groups excluding carboxylic acids is 3. The Labute approximate surface area is 179 Å². The molecule has 2 N–H and O–H groups in total. The molecule has 7 nitrogen and oxygen atoms in total. The summed E-state index contributed by atoms with van der Waals surface area (Å²) in [6, 6.07) is 6.83. The third-order valence-corrected chi connectivity index (χ3v) is 4.85. The zero-order valence-corrected chi connectivity index (χ0v) is 19.0. The van der Waals surface area contributed by atoms with Crippen molar-refractivity contribution in [1.82, 2.24) is 15.5 Å². The van der Waals surface area contributed by atoms with E-state index in [1.165, 1.54) is 0 Å². The first kappa shape index (κ1) is 23.7. The molecule has 0 heterocycles. The lowest BCUT2D eigenvalue weighted by Gasteiger charge is -2.42. The molecule has 0 aliphatic heterocycles. The number of amides is 3. The Morgan fingerprint density at radius 2 is 1.87 bits per heavy atom. The van der Waals surface area contributed by atoms with Crippen molar-refractivity contribution < 1.29 is 19.1 Å². The molecule has 0 radical (unpaired) electrons. The van der Waals surface area contributed by atoms with Gasteiger partial charge in [-0.1, -0.05) is 29.8 Å². The molecule has 1 atom stereocenters. The Balaban J connectivity index is 2.28. The van der Waals surface area contributed by atoms with Crippen LogP contribution in [0.25, 0.3) is 0 Å². The minimum atomic E-state index is -0.745.